The zero-order valence-corrected chi connectivity index (χ0v) is 9.84. The topological polar surface area (TPSA) is 18.5 Å². The number of ether oxygens (including phenoxy) is 2. The highest BCUT2D eigenvalue weighted by molar-refractivity contribution is 6.21. The lowest BCUT2D eigenvalue weighted by atomic mass is 10.0. The van der Waals surface area contributed by atoms with Crippen molar-refractivity contribution in [1.29, 1.82) is 0 Å². The number of rotatable bonds is 3. The quantitative estimate of drug-likeness (QED) is 0.760. The molecule has 2 nitrogen and oxygen atoms in total. The number of methoxy groups -OCH3 is 1. The number of halogens is 2. The van der Waals surface area contributed by atoms with Crippen molar-refractivity contribution in [3.63, 3.8) is 0 Å². The molecule has 1 saturated heterocycles. The van der Waals surface area contributed by atoms with Crippen LogP contribution in [0.5, 0.6) is 5.75 Å². The van der Waals surface area contributed by atoms with Gasteiger partial charge in [-0.1, -0.05) is 6.07 Å². The minimum atomic E-state index is -0.386. The maximum Gasteiger partial charge on any atom is 0.165 e. The maximum atomic E-state index is 13.5. The third-order valence-electron chi connectivity index (χ3n) is 2.79. The molecule has 1 heterocycles. The lowest BCUT2D eigenvalue weighted by Gasteiger charge is -2.17. The Morgan fingerprint density at radius 3 is 2.94 bits per heavy atom. The van der Waals surface area contributed by atoms with Crippen LogP contribution in [0.2, 0.25) is 0 Å². The second kappa shape index (κ2) is 5.02. The molecule has 16 heavy (non-hydrogen) atoms. The Bertz CT molecular complexity index is 364. The van der Waals surface area contributed by atoms with Crippen LogP contribution < -0.4 is 4.74 Å². The summed E-state index contributed by atoms with van der Waals surface area (Å²) in [4.78, 5) is 0. The van der Waals surface area contributed by atoms with E-state index in [1.54, 1.807) is 12.1 Å². The van der Waals surface area contributed by atoms with Crippen LogP contribution in [0.15, 0.2) is 18.2 Å². The van der Waals surface area contributed by atoms with E-state index in [2.05, 4.69) is 0 Å². The molecule has 0 saturated carbocycles. The molecule has 1 aliphatic rings. The Labute approximate surface area is 99.3 Å². The van der Waals surface area contributed by atoms with Gasteiger partial charge in [0.1, 0.15) is 0 Å². The molecule has 1 aliphatic heterocycles. The van der Waals surface area contributed by atoms with E-state index in [9.17, 15) is 4.39 Å². The SMILES string of the molecule is COc1ccc(C(Cl)C2CCCO2)cc1F. The fraction of sp³-hybridized carbons (Fsp3) is 0.500. The molecule has 0 amide bonds. The van der Waals surface area contributed by atoms with Crippen LogP contribution in [0.4, 0.5) is 4.39 Å². The van der Waals surface area contributed by atoms with Crippen molar-refractivity contribution < 1.29 is 13.9 Å². The summed E-state index contributed by atoms with van der Waals surface area (Å²) >= 11 is 6.25. The summed E-state index contributed by atoms with van der Waals surface area (Å²) in [5.41, 5.74) is 0.742. The molecule has 0 spiro atoms. The van der Waals surface area contributed by atoms with Gasteiger partial charge in [0.15, 0.2) is 11.6 Å². The molecular weight excluding hydrogens is 231 g/mol. The van der Waals surface area contributed by atoms with Crippen LogP contribution in [0.3, 0.4) is 0 Å². The summed E-state index contributed by atoms with van der Waals surface area (Å²) in [6.07, 6.45) is 1.95. The molecule has 1 aromatic rings. The predicted octanol–water partition coefficient (Wildman–Crippen LogP) is 3.29. The summed E-state index contributed by atoms with van der Waals surface area (Å²) in [6.45, 7) is 0.743. The van der Waals surface area contributed by atoms with Crippen LogP contribution in [-0.2, 0) is 4.74 Å². The van der Waals surface area contributed by atoms with Gasteiger partial charge in [0.05, 0.1) is 18.6 Å². The largest absolute Gasteiger partial charge is 0.494 e. The van der Waals surface area contributed by atoms with E-state index in [0.717, 1.165) is 25.0 Å². The van der Waals surface area contributed by atoms with Crippen molar-refractivity contribution in [2.45, 2.75) is 24.3 Å². The number of hydrogen-bond donors (Lipinski definition) is 0. The maximum absolute atomic E-state index is 13.5. The first-order valence-electron chi connectivity index (χ1n) is 5.31. The van der Waals surface area contributed by atoms with Gasteiger partial charge >= 0.3 is 0 Å². The normalized spacial score (nSPS) is 22.1. The summed E-state index contributed by atoms with van der Waals surface area (Å²) in [7, 11) is 1.44. The van der Waals surface area contributed by atoms with E-state index in [0.29, 0.717) is 0 Å². The Morgan fingerprint density at radius 2 is 2.38 bits per heavy atom. The Kier molecular flexibility index (Phi) is 3.66. The molecule has 0 bridgehead atoms. The first-order chi connectivity index (χ1) is 7.72. The number of hydrogen-bond acceptors (Lipinski definition) is 2. The van der Waals surface area contributed by atoms with Gasteiger partial charge in [0, 0.05) is 6.61 Å². The molecule has 0 N–H and O–H groups in total. The highest BCUT2D eigenvalue weighted by atomic mass is 35.5. The predicted molar refractivity (Wildman–Crippen MR) is 60.5 cm³/mol. The first kappa shape index (κ1) is 11.7. The highest BCUT2D eigenvalue weighted by Crippen LogP contribution is 2.33. The van der Waals surface area contributed by atoms with Gasteiger partial charge in [-0.3, -0.25) is 0 Å². The van der Waals surface area contributed by atoms with Gasteiger partial charge in [0.25, 0.3) is 0 Å². The Hall–Kier alpha value is -0.800. The van der Waals surface area contributed by atoms with Gasteiger partial charge in [-0.2, -0.15) is 0 Å². The second-order valence-electron chi connectivity index (χ2n) is 3.85. The summed E-state index contributed by atoms with van der Waals surface area (Å²) in [6, 6.07) is 4.79. The number of benzene rings is 1. The van der Waals surface area contributed by atoms with E-state index in [4.69, 9.17) is 21.1 Å². The molecule has 1 fully saturated rings. The average molecular weight is 245 g/mol. The van der Waals surface area contributed by atoms with Crippen molar-refractivity contribution in [3.8, 4) is 5.75 Å². The Balaban J connectivity index is 2.16. The minimum Gasteiger partial charge on any atom is -0.494 e. The van der Waals surface area contributed by atoms with Crippen molar-refractivity contribution in [2.24, 2.45) is 0 Å². The van der Waals surface area contributed by atoms with E-state index in [1.807, 2.05) is 0 Å². The molecular formula is C12H14ClFO2. The van der Waals surface area contributed by atoms with Gasteiger partial charge in [-0.25, -0.2) is 4.39 Å². The van der Waals surface area contributed by atoms with Gasteiger partial charge in [0.2, 0.25) is 0 Å². The third kappa shape index (κ3) is 2.30. The van der Waals surface area contributed by atoms with Crippen molar-refractivity contribution in [2.75, 3.05) is 13.7 Å². The van der Waals surface area contributed by atoms with Gasteiger partial charge in [-0.05, 0) is 30.5 Å². The van der Waals surface area contributed by atoms with E-state index >= 15 is 0 Å². The zero-order valence-electron chi connectivity index (χ0n) is 9.08. The third-order valence-corrected chi connectivity index (χ3v) is 3.32. The average Bonchev–Trinajstić information content (AvgIpc) is 2.81. The summed E-state index contributed by atoms with van der Waals surface area (Å²) < 4.78 is 23.8. The molecule has 4 heteroatoms. The zero-order chi connectivity index (χ0) is 11.5. The van der Waals surface area contributed by atoms with Crippen LogP contribution in [0, 0.1) is 5.82 Å². The van der Waals surface area contributed by atoms with E-state index in [-0.39, 0.29) is 23.0 Å². The molecule has 2 unspecified atom stereocenters. The second-order valence-corrected chi connectivity index (χ2v) is 4.32. The molecule has 2 rings (SSSR count). The van der Waals surface area contributed by atoms with Crippen LogP contribution in [-0.4, -0.2) is 19.8 Å². The molecule has 0 aliphatic carbocycles. The lowest BCUT2D eigenvalue weighted by Crippen LogP contribution is -2.12. The van der Waals surface area contributed by atoms with E-state index in [1.165, 1.54) is 13.2 Å². The van der Waals surface area contributed by atoms with Crippen molar-refractivity contribution in [3.05, 3.63) is 29.6 Å². The number of alkyl halides is 1. The van der Waals surface area contributed by atoms with Gasteiger partial charge in [-0.15, -0.1) is 11.6 Å². The molecule has 0 radical (unpaired) electrons. The minimum absolute atomic E-state index is 0.00513. The van der Waals surface area contributed by atoms with Crippen LogP contribution in [0.25, 0.3) is 0 Å². The Morgan fingerprint density at radius 1 is 1.56 bits per heavy atom. The van der Waals surface area contributed by atoms with Crippen LogP contribution >= 0.6 is 11.6 Å². The summed E-state index contributed by atoms with van der Waals surface area (Å²) in [5.74, 6) is -0.149. The first-order valence-corrected chi connectivity index (χ1v) is 5.75. The van der Waals surface area contributed by atoms with Crippen molar-refractivity contribution in [1.82, 2.24) is 0 Å². The molecule has 1 aromatic carbocycles. The lowest BCUT2D eigenvalue weighted by molar-refractivity contribution is 0.107. The highest BCUT2D eigenvalue weighted by Gasteiger charge is 2.26. The van der Waals surface area contributed by atoms with Crippen LogP contribution in [0.1, 0.15) is 23.8 Å². The van der Waals surface area contributed by atoms with E-state index < -0.39 is 0 Å². The molecule has 0 aromatic heterocycles. The smallest absolute Gasteiger partial charge is 0.165 e. The monoisotopic (exact) mass is 244 g/mol. The fourth-order valence-electron chi connectivity index (χ4n) is 1.90. The standard InChI is InChI=1S/C12H14ClFO2/c1-15-10-5-4-8(7-9(10)14)12(13)11-3-2-6-16-11/h4-5,7,11-12H,2-3,6H2,1H3. The molecule has 2 atom stereocenters. The molecule has 88 valence electrons. The van der Waals surface area contributed by atoms with Crippen molar-refractivity contribution >= 4 is 11.6 Å². The summed E-state index contributed by atoms with van der Waals surface area (Å²) in [5, 5.41) is -0.289. The van der Waals surface area contributed by atoms with Gasteiger partial charge < -0.3 is 9.47 Å². The fourth-order valence-corrected chi connectivity index (χ4v) is 2.24.